The molecular weight excluding hydrogens is 288 g/mol. The Labute approximate surface area is 139 Å². The van der Waals surface area contributed by atoms with Crippen molar-refractivity contribution < 1.29 is 0 Å². The van der Waals surface area contributed by atoms with E-state index in [-0.39, 0.29) is 6.04 Å². The van der Waals surface area contributed by atoms with Gasteiger partial charge in [0.15, 0.2) is 5.11 Å². The lowest BCUT2D eigenvalue weighted by atomic mass is 10.0. The van der Waals surface area contributed by atoms with Crippen molar-refractivity contribution in [3.05, 3.63) is 64.7 Å². The number of benzene rings is 2. The van der Waals surface area contributed by atoms with Gasteiger partial charge in [-0.05, 0) is 67.7 Å². The molecule has 0 amide bonds. The summed E-state index contributed by atoms with van der Waals surface area (Å²) < 4.78 is 0. The van der Waals surface area contributed by atoms with Crippen molar-refractivity contribution in [2.45, 2.75) is 40.2 Å². The molecule has 0 aromatic heterocycles. The highest BCUT2D eigenvalue weighted by atomic mass is 32.1. The van der Waals surface area contributed by atoms with Gasteiger partial charge >= 0.3 is 0 Å². The zero-order chi connectivity index (χ0) is 16.1. The lowest BCUT2D eigenvalue weighted by Crippen LogP contribution is -2.31. The summed E-state index contributed by atoms with van der Waals surface area (Å²) in [5.74, 6) is 0. The van der Waals surface area contributed by atoms with Gasteiger partial charge in [0.25, 0.3) is 0 Å². The molecule has 2 N–H and O–H groups in total. The van der Waals surface area contributed by atoms with Crippen molar-refractivity contribution in [2.75, 3.05) is 5.32 Å². The average Bonchev–Trinajstić information content (AvgIpc) is 2.50. The molecule has 0 saturated heterocycles. The molecule has 2 aromatic carbocycles. The molecule has 1 atom stereocenters. The van der Waals surface area contributed by atoms with Gasteiger partial charge in [0.1, 0.15) is 0 Å². The molecule has 0 saturated carbocycles. The SMILES string of the molecule is CCc1ccccc1NC(=S)N[C@@H](C)c1ccc(C)c(C)c1. The topological polar surface area (TPSA) is 24.1 Å². The second kappa shape index (κ2) is 7.41. The van der Waals surface area contributed by atoms with E-state index < -0.39 is 0 Å². The average molecular weight is 312 g/mol. The minimum absolute atomic E-state index is 0.174. The summed E-state index contributed by atoms with van der Waals surface area (Å²) in [6.07, 6.45) is 0.985. The van der Waals surface area contributed by atoms with Gasteiger partial charge in [-0.25, -0.2) is 0 Å². The van der Waals surface area contributed by atoms with Gasteiger partial charge in [-0.2, -0.15) is 0 Å². The summed E-state index contributed by atoms with van der Waals surface area (Å²) in [5, 5.41) is 7.33. The first-order valence-corrected chi connectivity index (χ1v) is 8.14. The molecule has 0 radical (unpaired) electrons. The van der Waals surface area contributed by atoms with E-state index in [1.54, 1.807) is 0 Å². The van der Waals surface area contributed by atoms with Crippen molar-refractivity contribution in [2.24, 2.45) is 0 Å². The molecule has 116 valence electrons. The van der Waals surface area contributed by atoms with E-state index in [0.717, 1.165) is 12.1 Å². The van der Waals surface area contributed by atoms with Gasteiger partial charge in [-0.1, -0.05) is 43.3 Å². The van der Waals surface area contributed by atoms with E-state index in [1.165, 1.54) is 22.3 Å². The molecule has 0 heterocycles. The Hall–Kier alpha value is -1.87. The van der Waals surface area contributed by atoms with Crippen LogP contribution in [0, 0.1) is 13.8 Å². The maximum absolute atomic E-state index is 5.46. The van der Waals surface area contributed by atoms with Gasteiger partial charge in [0, 0.05) is 5.69 Å². The van der Waals surface area contributed by atoms with E-state index >= 15 is 0 Å². The molecule has 3 heteroatoms. The standard InChI is InChI=1S/C19H24N2S/c1-5-16-8-6-7-9-18(16)21-19(22)20-15(4)17-11-10-13(2)14(3)12-17/h6-12,15H,5H2,1-4H3,(H2,20,21,22)/t15-/m0/s1. The lowest BCUT2D eigenvalue weighted by molar-refractivity contribution is 0.721. The smallest absolute Gasteiger partial charge is 0.171 e. The second-order valence-electron chi connectivity index (χ2n) is 5.67. The molecule has 0 unspecified atom stereocenters. The van der Waals surface area contributed by atoms with E-state index in [9.17, 15) is 0 Å². The zero-order valence-electron chi connectivity index (χ0n) is 13.7. The number of para-hydroxylation sites is 1. The first-order chi connectivity index (χ1) is 10.5. The molecule has 0 aliphatic rings. The molecule has 0 bridgehead atoms. The Morgan fingerprint density at radius 3 is 2.50 bits per heavy atom. The molecule has 2 aromatic rings. The molecule has 22 heavy (non-hydrogen) atoms. The van der Waals surface area contributed by atoms with E-state index in [0.29, 0.717) is 5.11 Å². The number of anilines is 1. The summed E-state index contributed by atoms with van der Waals surface area (Å²) in [4.78, 5) is 0. The van der Waals surface area contributed by atoms with Crippen molar-refractivity contribution in [3.63, 3.8) is 0 Å². The van der Waals surface area contributed by atoms with Crippen molar-refractivity contribution >= 4 is 23.0 Å². The zero-order valence-corrected chi connectivity index (χ0v) is 14.6. The van der Waals surface area contributed by atoms with Gasteiger partial charge in [0.05, 0.1) is 6.04 Å². The molecule has 0 aliphatic heterocycles. The number of nitrogens with one attached hydrogen (secondary N) is 2. The van der Waals surface area contributed by atoms with Crippen LogP contribution in [0.2, 0.25) is 0 Å². The Kier molecular flexibility index (Phi) is 5.56. The molecule has 0 spiro atoms. The summed E-state index contributed by atoms with van der Waals surface area (Å²) in [6, 6.07) is 15.0. The minimum atomic E-state index is 0.174. The highest BCUT2D eigenvalue weighted by molar-refractivity contribution is 7.80. The van der Waals surface area contributed by atoms with Crippen LogP contribution in [0.15, 0.2) is 42.5 Å². The highest BCUT2D eigenvalue weighted by Gasteiger charge is 2.09. The maximum atomic E-state index is 5.46. The normalized spacial score (nSPS) is 11.8. The third kappa shape index (κ3) is 4.08. The van der Waals surface area contributed by atoms with Gasteiger partial charge in [-0.3, -0.25) is 0 Å². The lowest BCUT2D eigenvalue weighted by Gasteiger charge is -2.19. The Morgan fingerprint density at radius 2 is 1.82 bits per heavy atom. The van der Waals surface area contributed by atoms with Crippen LogP contribution >= 0.6 is 12.2 Å². The van der Waals surface area contributed by atoms with Crippen molar-refractivity contribution in [3.8, 4) is 0 Å². The van der Waals surface area contributed by atoms with E-state index in [4.69, 9.17) is 12.2 Å². The first kappa shape index (κ1) is 16.5. The number of thiocarbonyl (C=S) groups is 1. The quantitative estimate of drug-likeness (QED) is 0.784. The second-order valence-corrected chi connectivity index (χ2v) is 6.08. The summed E-state index contributed by atoms with van der Waals surface area (Å²) in [7, 11) is 0. The third-order valence-electron chi connectivity index (χ3n) is 4.03. The maximum Gasteiger partial charge on any atom is 0.171 e. The van der Waals surface area contributed by atoms with Crippen molar-refractivity contribution in [1.82, 2.24) is 5.32 Å². The largest absolute Gasteiger partial charge is 0.356 e. The summed E-state index contributed by atoms with van der Waals surface area (Å²) in [6.45, 7) is 8.54. The molecule has 2 nitrogen and oxygen atoms in total. The van der Waals surface area contributed by atoms with Crippen LogP contribution < -0.4 is 10.6 Å². The number of hydrogen-bond acceptors (Lipinski definition) is 1. The summed E-state index contributed by atoms with van der Waals surface area (Å²) in [5.41, 5.74) is 6.21. The van der Waals surface area contributed by atoms with Crippen LogP contribution in [0.1, 0.15) is 42.1 Å². The Bertz CT molecular complexity index is 664. The molecular formula is C19H24N2S. The number of rotatable bonds is 4. The molecule has 0 fully saturated rings. The van der Waals surface area contributed by atoms with Crippen LogP contribution in [0.4, 0.5) is 5.69 Å². The Balaban J connectivity index is 2.03. The monoisotopic (exact) mass is 312 g/mol. The fourth-order valence-corrected chi connectivity index (χ4v) is 2.71. The number of aryl methyl sites for hydroxylation is 3. The minimum Gasteiger partial charge on any atom is -0.356 e. The van der Waals surface area contributed by atoms with Crippen molar-refractivity contribution in [1.29, 1.82) is 0 Å². The highest BCUT2D eigenvalue weighted by Crippen LogP contribution is 2.18. The fourth-order valence-electron chi connectivity index (χ4n) is 2.42. The predicted octanol–water partition coefficient (Wildman–Crippen LogP) is 4.91. The first-order valence-electron chi connectivity index (χ1n) is 7.73. The summed E-state index contributed by atoms with van der Waals surface area (Å²) >= 11 is 5.46. The van der Waals surface area contributed by atoms with Gasteiger partial charge in [0.2, 0.25) is 0 Å². The molecule has 0 aliphatic carbocycles. The van der Waals surface area contributed by atoms with Crippen LogP contribution in [-0.2, 0) is 6.42 Å². The van der Waals surface area contributed by atoms with Crippen LogP contribution in [0.5, 0.6) is 0 Å². The number of hydrogen-bond donors (Lipinski definition) is 2. The molecule has 2 rings (SSSR count). The third-order valence-corrected chi connectivity index (χ3v) is 4.24. The van der Waals surface area contributed by atoms with Gasteiger partial charge in [-0.15, -0.1) is 0 Å². The van der Waals surface area contributed by atoms with Crippen LogP contribution in [0.3, 0.4) is 0 Å². The van der Waals surface area contributed by atoms with E-state index in [1.807, 2.05) is 6.07 Å². The predicted molar refractivity (Wildman–Crippen MR) is 99.5 cm³/mol. The van der Waals surface area contributed by atoms with E-state index in [2.05, 4.69) is 74.7 Å². The fraction of sp³-hybridized carbons (Fsp3) is 0.316. The van der Waals surface area contributed by atoms with Gasteiger partial charge < -0.3 is 10.6 Å². The Morgan fingerprint density at radius 1 is 1.09 bits per heavy atom. The van der Waals surface area contributed by atoms with Crippen LogP contribution in [-0.4, -0.2) is 5.11 Å². The van der Waals surface area contributed by atoms with Crippen LogP contribution in [0.25, 0.3) is 0 Å².